The summed E-state index contributed by atoms with van der Waals surface area (Å²) in [7, 11) is 0. The molecule has 0 spiro atoms. The number of carbonyl (C=O) groups excluding carboxylic acids is 1. The van der Waals surface area contributed by atoms with Gasteiger partial charge in [-0.2, -0.15) is 0 Å². The molecule has 2 N–H and O–H groups in total. The zero-order valence-corrected chi connectivity index (χ0v) is 17.4. The first kappa shape index (κ1) is 20.9. The maximum Gasteiger partial charge on any atom is 0.309 e. The van der Waals surface area contributed by atoms with Crippen molar-refractivity contribution in [3.05, 3.63) is 64.4 Å². The van der Waals surface area contributed by atoms with Crippen molar-refractivity contribution >= 4 is 29.2 Å². The van der Waals surface area contributed by atoms with Gasteiger partial charge in [0.1, 0.15) is 5.82 Å². The predicted molar refractivity (Wildman–Crippen MR) is 114 cm³/mol. The van der Waals surface area contributed by atoms with E-state index < -0.39 is 17.2 Å². The van der Waals surface area contributed by atoms with Gasteiger partial charge in [-0.3, -0.25) is 9.59 Å². The molecule has 0 bridgehead atoms. The Morgan fingerprint density at radius 1 is 1.13 bits per heavy atom. The molecule has 2 aliphatic rings. The summed E-state index contributed by atoms with van der Waals surface area (Å²) in [6.45, 7) is 0. The van der Waals surface area contributed by atoms with Crippen molar-refractivity contribution in [2.75, 3.05) is 5.32 Å². The highest BCUT2D eigenvalue weighted by Crippen LogP contribution is 2.49. The van der Waals surface area contributed by atoms with Crippen molar-refractivity contribution in [2.24, 2.45) is 11.3 Å². The molecule has 1 amide bonds. The minimum absolute atomic E-state index is 0.107. The highest BCUT2D eigenvalue weighted by atomic mass is 35.5. The highest BCUT2D eigenvalue weighted by Gasteiger charge is 2.50. The van der Waals surface area contributed by atoms with Crippen molar-refractivity contribution in [3.8, 4) is 0 Å². The van der Waals surface area contributed by atoms with E-state index in [0.717, 1.165) is 31.2 Å². The van der Waals surface area contributed by atoms with Crippen LogP contribution in [0, 0.1) is 17.2 Å². The van der Waals surface area contributed by atoms with Gasteiger partial charge < -0.3 is 10.4 Å². The quantitative estimate of drug-likeness (QED) is 0.584. The van der Waals surface area contributed by atoms with Gasteiger partial charge in [0.25, 0.3) is 0 Å². The monoisotopic (exact) mass is 429 g/mol. The molecule has 2 aromatic rings. The molecule has 1 atom stereocenters. The number of hydrogen-bond donors (Lipinski definition) is 2. The van der Waals surface area contributed by atoms with Gasteiger partial charge in [-0.05, 0) is 67.3 Å². The molecular formula is C24H25ClFNO3. The van der Waals surface area contributed by atoms with Crippen LogP contribution in [0.4, 0.5) is 10.1 Å². The van der Waals surface area contributed by atoms with Gasteiger partial charge in [0.05, 0.1) is 17.0 Å². The van der Waals surface area contributed by atoms with E-state index in [4.69, 9.17) is 11.6 Å². The Labute approximate surface area is 180 Å². The average Bonchev–Trinajstić information content (AvgIpc) is 3.32. The van der Waals surface area contributed by atoms with Crippen molar-refractivity contribution in [1.29, 1.82) is 0 Å². The molecule has 1 unspecified atom stereocenters. The minimum Gasteiger partial charge on any atom is -0.481 e. The van der Waals surface area contributed by atoms with Crippen LogP contribution in [0.1, 0.15) is 55.6 Å². The second-order valence-corrected chi connectivity index (χ2v) is 9.04. The van der Waals surface area contributed by atoms with E-state index in [9.17, 15) is 14.7 Å². The van der Waals surface area contributed by atoms with Crippen LogP contribution in [-0.2, 0) is 16.0 Å². The molecule has 0 heterocycles. The number of carboxylic acids is 1. The summed E-state index contributed by atoms with van der Waals surface area (Å²) in [5.41, 5.74) is 0.453. The molecule has 2 aromatic carbocycles. The van der Waals surface area contributed by atoms with E-state index in [1.54, 1.807) is 24.3 Å². The predicted octanol–water partition coefficient (Wildman–Crippen LogP) is 5.80. The van der Waals surface area contributed by atoms with E-state index in [2.05, 4.69) is 5.32 Å². The summed E-state index contributed by atoms with van der Waals surface area (Å²) in [6, 6.07) is 12.1. The number of carbonyl (C=O) groups is 2. The van der Waals surface area contributed by atoms with Crippen LogP contribution in [0.3, 0.4) is 0 Å². The number of amides is 1. The maximum absolute atomic E-state index is 15.1. The summed E-state index contributed by atoms with van der Waals surface area (Å²) in [5, 5.41) is 12.8. The lowest BCUT2D eigenvalue weighted by Crippen LogP contribution is -2.27. The number of benzene rings is 2. The average molecular weight is 430 g/mol. The number of carboxylic acid groups (broad SMARTS) is 1. The molecule has 2 fully saturated rings. The third-order valence-corrected chi connectivity index (χ3v) is 6.81. The summed E-state index contributed by atoms with van der Waals surface area (Å²) in [4.78, 5) is 24.7. The Morgan fingerprint density at radius 2 is 1.80 bits per heavy atom. The first-order chi connectivity index (χ1) is 14.4. The number of anilines is 1. The SMILES string of the molecule is O=C(Nc1cccc(CC2(C(=O)O)CC2)c1F)C(c1ccc(Cl)cc1)C1CCCC1. The fourth-order valence-electron chi connectivity index (χ4n) is 4.60. The maximum atomic E-state index is 15.1. The zero-order valence-electron chi connectivity index (χ0n) is 16.7. The third kappa shape index (κ3) is 4.22. The van der Waals surface area contributed by atoms with Crippen molar-refractivity contribution < 1.29 is 19.1 Å². The molecule has 2 aliphatic carbocycles. The van der Waals surface area contributed by atoms with E-state index in [1.165, 1.54) is 6.07 Å². The van der Waals surface area contributed by atoms with Gasteiger partial charge in [-0.25, -0.2) is 4.39 Å². The van der Waals surface area contributed by atoms with Crippen molar-refractivity contribution in [1.82, 2.24) is 0 Å². The topological polar surface area (TPSA) is 66.4 Å². The second kappa shape index (κ2) is 8.38. The van der Waals surface area contributed by atoms with Crippen molar-refractivity contribution in [3.63, 3.8) is 0 Å². The third-order valence-electron chi connectivity index (χ3n) is 6.56. The molecule has 0 aliphatic heterocycles. The normalized spacial score (nSPS) is 18.7. The van der Waals surface area contributed by atoms with E-state index >= 15 is 4.39 Å². The van der Waals surface area contributed by atoms with Crippen LogP contribution >= 0.6 is 11.6 Å². The van der Waals surface area contributed by atoms with Gasteiger partial charge in [0.2, 0.25) is 5.91 Å². The molecule has 30 heavy (non-hydrogen) atoms. The Hall–Kier alpha value is -2.40. The van der Waals surface area contributed by atoms with Gasteiger partial charge in [-0.15, -0.1) is 0 Å². The fraction of sp³-hybridized carbons (Fsp3) is 0.417. The van der Waals surface area contributed by atoms with Crippen LogP contribution in [0.2, 0.25) is 5.02 Å². The standard InChI is InChI=1S/C24H25ClFNO3/c25-18-10-8-16(9-11-18)20(15-4-1-2-5-15)22(28)27-19-7-3-6-17(21(19)26)14-24(12-13-24)23(29)30/h3,6-11,15,20H,1-2,4-5,12-14H2,(H,27,28)(H,29,30). The number of nitrogens with one attached hydrogen (secondary N) is 1. The molecule has 0 radical (unpaired) electrons. The van der Waals surface area contributed by atoms with E-state index in [0.29, 0.717) is 23.4 Å². The number of rotatable bonds is 7. The van der Waals surface area contributed by atoms with Gasteiger partial charge >= 0.3 is 5.97 Å². The summed E-state index contributed by atoms with van der Waals surface area (Å²) in [6.07, 6.45) is 5.35. The largest absolute Gasteiger partial charge is 0.481 e. The summed E-state index contributed by atoms with van der Waals surface area (Å²) in [5.74, 6) is -1.83. The van der Waals surface area contributed by atoms with Crippen molar-refractivity contribution in [2.45, 2.75) is 50.9 Å². The van der Waals surface area contributed by atoms with E-state index in [1.807, 2.05) is 12.1 Å². The minimum atomic E-state index is -0.889. The van der Waals surface area contributed by atoms with Crippen LogP contribution in [0.15, 0.2) is 42.5 Å². The lowest BCUT2D eigenvalue weighted by molar-refractivity contribution is -0.143. The van der Waals surface area contributed by atoms with Gasteiger partial charge in [0.15, 0.2) is 0 Å². The van der Waals surface area contributed by atoms with E-state index in [-0.39, 0.29) is 29.9 Å². The Kier molecular flexibility index (Phi) is 5.83. The first-order valence-corrected chi connectivity index (χ1v) is 10.8. The van der Waals surface area contributed by atoms with Crippen LogP contribution in [0.5, 0.6) is 0 Å². The molecule has 4 rings (SSSR count). The molecule has 0 aromatic heterocycles. The Bertz CT molecular complexity index is 949. The Morgan fingerprint density at radius 3 is 2.40 bits per heavy atom. The number of halogens is 2. The smallest absolute Gasteiger partial charge is 0.309 e. The molecular weight excluding hydrogens is 405 g/mol. The molecule has 0 saturated heterocycles. The second-order valence-electron chi connectivity index (χ2n) is 8.60. The number of hydrogen-bond acceptors (Lipinski definition) is 2. The van der Waals surface area contributed by atoms with Gasteiger partial charge in [-0.1, -0.05) is 48.7 Å². The molecule has 2 saturated carbocycles. The van der Waals surface area contributed by atoms with Gasteiger partial charge in [0, 0.05) is 5.02 Å². The summed E-state index contributed by atoms with van der Waals surface area (Å²) >= 11 is 6.01. The summed E-state index contributed by atoms with van der Waals surface area (Å²) < 4.78 is 15.1. The highest BCUT2D eigenvalue weighted by molar-refractivity contribution is 6.30. The zero-order chi connectivity index (χ0) is 21.3. The fourth-order valence-corrected chi connectivity index (χ4v) is 4.73. The lowest BCUT2D eigenvalue weighted by atomic mass is 9.84. The first-order valence-electron chi connectivity index (χ1n) is 10.5. The number of aliphatic carboxylic acids is 1. The van der Waals surface area contributed by atoms with Crippen LogP contribution < -0.4 is 5.32 Å². The van der Waals surface area contributed by atoms with Crippen LogP contribution in [0.25, 0.3) is 0 Å². The molecule has 4 nitrogen and oxygen atoms in total. The lowest BCUT2D eigenvalue weighted by Gasteiger charge is -2.24. The molecule has 6 heteroatoms. The van der Waals surface area contributed by atoms with Crippen LogP contribution in [-0.4, -0.2) is 17.0 Å². The Balaban J connectivity index is 1.57. The molecule has 158 valence electrons.